The number of aryl methyl sites for hydroxylation is 2. The second-order valence-corrected chi connectivity index (χ2v) is 20.6. The van der Waals surface area contributed by atoms with Crippen molar-refractivity contribution in [3.8, 4) is 39.6 Å². The second-order valence-electron chi connectivity index (χ2n) is 20.6. The molecule has 0 N–H and O–H groups in total. The first-order chi connectivity index (χ1) is 28.5. The highest BCUT2D eigenvalue weighted by Crippen LogP contribution is 2.44. The molecular weight excluding hydrogens is 731 g/mol. The number of aromatic nitrogens is 2. The van der Waals surface area contributed by atoms with Gasteiger partial charge in [-0.25, -0.2) is 4.57 Å². The molecule has 0 aliphatic carbocycles. The average Bonchev–Trinajstić information content (AvgIpc) is 3.73. The van der Waals surface area contributed by atoms with Crippen molar-refractivity contribution in [3.05, 3.63) is 138 Å². The van der Waals surface area contributed by atoms with E-state index in [2.05, 4.69) is 201 Å². The van der Waals surface area contributed by atoms with Crippen LogP contribution in [0.5, 0.6) is 11.5 Å². The monoisotopic (exact) mass is 783 g/mol. The predicted molar refractivity (Wildman–Crippen MR) is 252 cm³/mol. The molecule has 2 aliphatic heterocycles. The van der Waals surface area contributed by atoms with Gasteiger partial charge < -0.3 is 13.7 Å². The van der Waals surface area contributed by atoms with Crippen molar-refractivity contribution in [1.29, 1.82) is 0 Å². The Morgan fingerprint density at radius 3 is 2.03 bits per heavy atom. The van der Waals surface area contributed by atoms with Gasteiger partial charge in [-0.05, 0) is 128 Å². The highest BCUT2D eigenvalue weighted by atomic mass is 16.5. The number of pyridine rings is 1. The van der Waals surface area contributed by atoms with Crippen LogP contribution in [0, 0.1) is 6.92 Å². The molecule has 0 fully saturated rings. The molecule has 0 saturated carbocycles. The summed E-state index contributed by atoms with van der Waals surface area (Å²) >= 11 is 0. The smallest absolute Gasteiger partial charge is 0.256 e. The Hall–Kier alpha value is -6.07. The Balaban J connectivity index is 1.20. The summed E-state index contributed by atoms with van der Waals surface area (Å²) in [7, 11) is 2.10. The number of nitrogens with zero attached hydrogens (tertiary/aromatic N) is 2. The molecule has 11 rings (SSSR count). The molecule has 0 bridgehead atoms. The molecule has 3 aromatic heterocycles. The highest BCUT2D eigenvalue weighted by molar-refractivity contribution is 6.99. The number of ether oxygens (including phenoxy) is 1. The molecule has 296 valence electrons. The van der Waals surface area contributed by atoms with Gasteiger partial charge in [-0.2, -0.15) is 0 Å². The molecule has 0 saturated heterocycles. The Bertz CT molecular complexity index is 3320. The van der Waals surface area contributed by atoms with Crippen molar-refractivity contribution in [3.63, 3.8) is 0 Å². The van der Waals surface area contributed by atoms with Gasteiger partial charge in [0.15, 0.2) is 6.20 Å². The summed E-state index contributed by atoms with van der Waals surface area (Å²) in [5, 5.41) is 4.86. The number of rotatable bonds is 2. The lowest BCUT2D eigenvalue weighted by atomic mass is 9.34. The Labute approximate surface area is 353 Å². The van der Waals surface area contributed by atoms with Crippen LogP contribution >= 0.6 is 0 Å². The highest BCUT2D eigenvalue weighted by Gasteiger charge is 2.42. The maximum absolute atomic E-state index is 7.10. The van der Waals surface area contributed by atoms with E-state index in [1.807, 2.05) is 0 Å². The van der Waals surface area contributed by atoms with E-state index in [-0.39, 0.29) is 23.0 Å². The molecule has 0 atom stereocenters. The van der Waals surface area contributed by atoms with E-state index in [9.17, 15) is 0 Å². The first-order valence-electron chi connectivity index (χ1n) is 21.5. The molecule has 0 amide bonds. The standard InChI is InChI=1S/C55H52BN2O2/c1-31-15-19-38-37-20-16-32(25-47(37)60-52(38)49(31)44-14-12-13-23-57(44)11)33-24-45-50-48(26-33)59-46-22-18-35(54(5,6)7)29-41(46)56(50)42-30-36(55(8,9)10)28-40-39-27-34(53(2,3)4)17-21-43(39)58(45)51(40)42/h12-30H,1-11H3/q+1. The maximum Gasteiger partial charge on any atom is 0.256 e. The van der Waals surface area contributed by atoms with Crippen LogP contribution in [-0.4, -0.2) is 11.3 Å². The van der Waals surface area contributed by atoms with Crippen LogP contribution in [0.3, 0.4) is 0 Å². The fourth-order valence-electron chi connectivity index (χ4n) is 10.0. The van der Waals surface area contributed by atoms with Crippen molar-refractivity contribution >= 4 is 66.8 Å². The first-order valence-corrected chi connectivity index (χ1v) is 21.5. The molecule has 2 aliphatic rings. The van der Waals surface area contributed by atoms with Crippen LogP contribution in [-0.2, 0) is 23.3 Å². The zero-order valence-corrected chi connectivity index (χ0v) is 36.8. The van der Waals surface area contributed by atoms with Gasteiger partial charge in [-0.1, -0.05) is 105 Å². The van der Waals surface area contributed by atoms with Gasteiger partial charge in [0.25, 0.3) is 6.71 Å². The number of hydrogen-bond donors (Lipinski definition) is 0. The Kier molecular flexibility index (Phi) is 7.55. The molecule has 60 heavy (non-hydrogen) atoms. The van der Waals surface area contributed by atoms with Crippen molar-refractivity contribution in [2.24, 2.45) is 7.05 Å². The number of furan rings is 1. The summed E-state index contributed by atoms with van der Waals surface area (Å²) in [4.78, 5) is 0. The SMILES string of the molecule is Cc1ccc2c(oc3cc(-c4cc5c6c(c4)-n4c7ccc(C(C)(C)C)cc7c7cc(C(C)(C)C)cc(c74)B6c4cc(C(C)(C)C)ccc4O5)ccc32)c1-c1cccc[n+]1C. The van der Waals surface area contributed by atoms with E-state index in [1.165, 1.54) is 66.1 Å². The van der Waals surface area contributed by atoms with E-state index in [4.69, 9.17) is 9.15 Å². The van der Waals surface area contributed by atoms with Crippen LogP contribution in [0.15, 0.2) is 120 Å². The van der Waals surface area contributed by atoms with E-state index in [0.29, 0.717) is 0 Å². The predicted octanol–water partition coefficient (Wildman–Crippen LogP) is 12.0. The zero-order chi connectivity index (χ0) is 41.8. The van der Waals surface area contributed by atoms with Gasteiger partial charge in [-0.15, -0.1) is 0 Å². The Morgan fingerprint density at radius 2 is 1.28 bits per heavy atom. The summed E-state index contributed by atoms with van der Waals surface area (Å²) in [5.74, 6) is 1.85. The van der Waals surface area contributed by atoms with Gasteiger partial charge in [0, 0.05) is 44.9 Å². The largest absolute Gasteiger partial charge is 0.458 e. The molecule has 4 nitrogen and oxygen atoms in total. The molecule has 6 aromatic carbocycles. The molecular formula is C55H52BN2O2+. The lowest BCUT2D eigenvalue weighted by Crippen LogP contribution is -2.58. The topological polar surface area (TPSA) is 31.2 Å². The van der Waals surface area contributed by atoms with E-state index in [0.717, 1.165) is 55.8 Å². The summed E-state index contributed by atoms with van der Waals surface area (Å²) in [6, 6.07) is 41.2. The molecule has 9 aromatic rings. The lowest BCUT2D eigenvalue weighted by Gasteiger charge is -2.35. The van der Waals surface area contributed by atoms with Crippen LogP contribution in [0.2, 0.25) is 0 Å². The first kappa shape index (κ1) is 37.0. The molecule has 0 radical (unpaired) electrons. The molecule has 5 heterocycles. The van der Waals surface area contributed by atoms with Gasteiger partial charge in [-0.3, -0.25) is 0 Å². The number of benzene rings is 6. The fourth-order valence-corrected chi connectivity index (χ4v) is 10.0. The third kappa shape index (κ3) is 5.33. The third-order valence-electron chi connectivity index (χ3n) is 13.5. The minimum Gasteiger partial charge on any atom is -0.458 e. The van der Waals surface area contributed by atoms with Gasteiger partial charge >= 0.3 is 0 Å². The van der Waals surface area contributed by atoms with E-state index >= 15 is 0 Å². The van der Waals surface area contributed by atoms with Crippen LogP contribution < -0.4 is 25.7 Å². The minimum atomic E-state index is -0.0392. The minimum absolute atomic E-state index is 0.00891. The second kappa shape index (κ2) is 12.3. The quantitative estimate of drug-likeness (QED) is 0.129. The van der Waals surface area contributed by atoms with Crippen LogP contribution in [0.1, 0.15) is 84.6 Å². The molecule has 0 unspecified atom stereocenters. The van der Waals surface area contributed by atoms with E-state index < -0.39 is 0 Å². The van der Waals surface area contributed by atoms with Gasteiger partial charge in [0.2, 0.25) is 5.69 Å². The Morgan fingerprint density at radius 1 is 0.583 bits per heavy atom. The molecule has 5 heteroatoms. The lowest BCUT2D eigenvalue weighted by molar-refractivity contribution is -0.660. The van der Waals surface area contributed by atoms with Crippen molar-refractivity contribution in [2.75, 3.05) is 0 Å². The van der Waals surface area contributed by atoms with E-state index in [1.54, 1.807) is 0 Å². The number of fused-ring (bicyclic) bond motifs is 10. The van der Waals surface area contributed by atoms with Crippen LogP contribution in [0.4, 0.5) is 0 Å². The summed E-state index contributed by atoms with van der Waals surface area (Å²) < 4.78 is 18.7. The van der Waals surface area contributed by atoms with Crippen molar-refractivity contribution in [1.82, 2.24) is 4.57 Å². The van der Waals surface area contributed by atoms with Crippen molar-refractivity contribution in [2.45, 2.75) is 85.5 Å². The maximum atomic E-state index is 7.10. The van der Waals surface area contributed by atoms with Crippen LogP contribution in [0.25, 0.3) is 71.8 Å². The van der Waals surface area contributed by atoms with Gasteiger partial charge in [0.05, 0.1) is 11.1 Å². The summed E-state index contributed by atoms with van der Waals surface area (Å²) in [6.07, 6.45) is 2.10. The summed E-state index contributed by atoms with van der Waals surface area (Å²) in [5.41, 5.74) is 18.9. The summed E-state index contributed by atoms with van der Waals surface area (Å²) in [6.45, 7) is 23.0. The fraction of sp³-hybridized carbons (Fsp3) is 0.255. The zero-order valence-electron chi connectivity index (χ0n) is 36.8. The van der Waals surface area contributed by atoms with Crippen molar-refractivity contribution < 1.29 is 13.7 Å². The number of hydrogen-bond acceptors (Lipinski definition) is 2. The molecule has 0 spiro atoms. The normalized spacial score (nSPS) is 13.7. The van der Waals surface area contributed by atoms with Gasteiger partial charge in [0.1, 0.15) is 29.7 Å². The average molecular weight is 784 g/mol. The third-order valence-corrected chi connectivity index (χ3v) is 13.5.